The summed E-state index contributed by atoms with van der Waals surface area (Å²) in [4.78, 5) is 53.0. The fourth-order valence-corrected chi connectivity index (χ4v) is 12.9. The SMILES string of the molecule is COc1cc(C(=O)N2CC[C@H]3CCN[C@H]3C2)cc2nc(-c3cc4ccc(C5CN[C@@H]6CN(C(=O)c7ccc8c(c7)nc(-c7cc9cccnc9n7CC7CC7)n8C)CC[C@H]56)nc4n3CC3CC3)n(C)c12. The molecule has 358 valence electrons. The predicted octanol–water partition coefficient (Wildman–Crippen LogP) is 7.36. The standard InChI is InChI=1S/C55H60N12O3/c1-62-45-13-11-36(21-41(45)60-52(62)46-23-34-5-4-17-57-50(34)66(46)27-31-6-7-31)54(68)65-20-16-38-39(26-58-44(38)30-65)40-12-10-35-24-47(67(51(35)59-40)28-32-8-9-32)53-61-42-22-37(25-48(70-3)49(42)63(53)2)55(69)64-19-15-33-14-18-56-43(33)29-64/h4-5,10-13,17,21-25,31-33,38-39,43-44,56,58H,6-9,14-16,18-20,26-30H2,1-3H3/t33-,38-,39?,43+,44-/m1/s1. The van der Waals surface area contributed by atoms with E-state index in [1.165, 1.54) is 32.1 Å². The molecule has 15 heteroatoms. The van der Waals surface area contributed by atoms with E-state index in [2.05, 4.69) is 72.3 Å². The molecule has 0 bridgehead atoms. The maximum Gasteiger partial charge on any atom is 0.254 e. The molecule has 6 aromatic heterocycles. The molecule has 10 heterocycles. The molecular formula is C55H60N12O3. The molecule has 2 N–H and O–H groups in total. The van der Waals surface area contributed by atoms with E-state index in [0.29, 0.717) is 59.7 Å². The lowest BCUT2D eigenvalue weighted by atomic mass is 9.82. The van der Waals surface area contributed by atoms with Crippen molar-refractivity contribution in [3.05, 3.63) is 89.7 Å². The molecule has 4 aliphatic heterocycles. The molecule has 4 saturated heterocycles. The second kappa shape index (κ2) is 16.2. The van der Waals surface area contributed by atoms with Crippen molar-refractivity contribution in [3.8, 4) is 28.8 Å². The van der Waals surface area contributed by atoms with Crippen LogP contribution < -0.4 is 15.4 Å². The van der Waals surface area contributed by atoms with Gasteiger partial charge >= 0.3 is 0 Å². The number of hydrogen-bond donors (Lipinski definition) is 2. The van der Waals surface area contributed by atoms with Crippen LogP contribution >= 0.6 is 0 Å². The molecule has 15 nitrogen and oxygen atoms in total. The quantitative estimate of drug-likeness (QED) is 0.144. The Morgan fingerprint density at radius 2 is 1.39 bits per heavy atom. The fourth-order valence-electron chi connectivity index (χ4n) is 12.9. The van der Waals surface area contributed by atoms with Crippen molar-refractivity contribution in [3.63, 3.8) is 0 Å². The van der Waals surface area contributed by atoms with Gasteiger partial charge in [-0.1, -0.05) is 0 Å². The third-order valence-electron chi connectivity index (χ3n) is 17.1. The maximum atomic E-state index is 14.3. The number of imidazole rings is 2. The lowest BCUT2D eigenvalue weighted by molar-refractivity contribution is 0.0659. The van der Waals surface area contributed by atoms with E-state index in [-0.39, 0.29) is 23.8 Å². The number of amides is 2. The molecule has 8 aromatic rings. The summed E-state index contributed by atoms with van der Waals surface area (Å²) < 4.78 is 15.0. The first-order valence-electron chi connectivity index (χ1n) is 25.8. The Kier molecular flexibility index (Phi) is 9.82. The van der Waals surface area contributed by atoms with E-state index in [1.807, 2.05) is 53.4 Å². The molecule has 2 amide bonds. The van der Waals surface area contributed by atoms with Crippen LogP contribution in [0.3, 0.4) is 0 Å². The highest BCUT2D eigenvalue weighted by Gasteiger charge is 2.43. The zero-order valence-electron chi connectivity index (χ0n) is 40.3. The Hall–Kier alpha value is -6.58. The molecule has 14 rings (SSSR count). The molecule has 1 unspecified atom stereocenters. The Morgan fingerprint density at radius 1 is 0.686 bits per heavy atom. The predicted molar refractivity (Wildman–Crippen MR) is 270 cm³/mol. The van der Waals surface area contributed by atoms with Gasteiger partial charge in [-0.25, -0.2) is 19.9 Å². The minimum absolute atomic E-state index is 0.0367. The molecule has 70 heavy (non-hydrogen) atoms. The summed E-state index contributed by atoms with van der Waals surface area (Å²) in [7, 11) is 5.79. The summed E-state index contributed by atoms with van der Waals surface area (Å²) in [6.07, 6.45) is 9.93. The van der Waals surface area contributed by atoms with Crippen LogP contribution in [0.2, 0.25) is 0 Å². The number of pyridine rings is 2. The summed E-state index contributed by atoms with van der Waals surface area (Å²) in [6, 6.07) is 23.4. The number of hydrogen-bond acceptors (Lipinski definition) is 9. The molecule has 0 spiro atoms. The van der Waals surface area contributed by atoms with Crippen molar-refractivity contribution in [1.82, 2.24) is 58.6 Å². The maximum absolute atomic E-state index is 14.3. The van der Waals surface area contributed by atoms with Gasteiger partial charge in [0, 0.05) is 112 Å². The van der Waals surface area contributed by atoms with Crippen LogP contribution in [-0.2, 0) is 27.2 Å². The van der Waals surface area contributed by atoms with Crippen LogP contribution in [0.4, 0.5) is 0 Å². The van der Waals surface area contributed by atoms with Crippen molar-refractivity contribution in [2.24, 2.45) is 37.8 Å². The number of benzene rings is 2. The number of nitrogens with zero attached hydrogens (tertiary/aromatic N) is 10. The van der Waals surface area contributed by atoms with E-state index in [1.54, 1.807) is 7.11 Å². The van der Waals surface area contributed by atoms with Crippen molar-refractivity contribution in [1.29, 1.82) is 0 Å². The molecule has 2 aliphatic carbocycles. The topological polar surface area (TPSA) is 145 Å². The minimum Gasteiger partial charge on any atom is -0.494 e. The largest absolute Gasteiger partial charge is 0.494 e. The summed E-state index contributed by atoms with van der Waals surface area (Å²) in [5.74, 6) is 5.02. The molecule has 0 radical (unpaired) electrons. The van der Waals surface area contributed by atoms with E-state index in [0.717, 1.165) is 125 Å². The van der Waals surface area contributed by atoms with Crippen LogP contribution in [-0.4, -0.2) is 118 Å². The number of carbonyl (C=O) groups excluding carboxylic acids is 2. The van der Waals surface area contributed by atoms with Gasteiger partial charge in [0.15, 0.2) is 11.6 Å². The van der Waals surface area contributed by atoms with Crippen LogP contribution in [0.5, 0.6) is 5.75 Å². The highest BCUT2D eigenvalue weighted by Crippen LogP contribution is 2.42. The van der Waals surface area contributed by atoms with Gasteiger partial charge in [-0.05, 0) is 142 Å². The van der Waals surface area contributed by atoms with E-state index >= 15 is 0 Å². The molecule has 6 fully saturated rings. The van der Waals surface area contributed by atoms with E-state index < -0.39 is 0 Å². The molecule has 2 saturated carbocycles. The lowest BCUT2D eigenvalue weighted by Gasteiger charge is -2.36. The second-order valence-electron chi connectivity index (χ2n) is 21.4. The normalized spacial score (nSPS) is 23.6. The van der Waals surface area contributed by atoms with Gasteiger partial charge in [0.2, 0.25) is 0 Å². The van der Waals surface area contributed by atoms with Gasteiger partial charge < -0.3 is 43.4 Å². The summed E-state index contributed by atoms with van der Waals surface area (Å²) in [5, 5.41) is 9.65. The third-order valence-corrected chi connectivity index (χ3v) is 17.1. The smallest absolute Gasteiger partial charge is 0.254 e. The Morgan fingerprint density at radius 3 is 2.17 bits per heavy atom. The van der Waals surface area contributed by atoms with E-state index in [9.17, 15) is 9.59 Å². The number of nitrogens with one attached hydrogen (secondary N) is 2. The van der Waals surface area contributed by atoms with Crippen molar-refractivity contribution in [2.45, 2.75) is 76.0 Å². The first-order chi connectivity index (χ1) is 34.2. The van der Waals surface area contributed by atoms with Crippen molar-refractivity contribution < 1.29 is 14.3 Å². The zero-order valence-corrected chi connectivity index (χ0v) is 40.3. The number of piperidine rings is 2. The minimum atomic E-state index is 0.0367. The van der Waals surface area contributed by atoms with Gasteiger partial charge in [-0.2, -0.15) is 0 Å². The number of carbonyl (C=O) groups is 2. The van der Waals surface area contributed by atoms with Crippen LogP contribution in [0.15, 0.2) is 72.9 Å². The number of fused-ring (bicyclic) bond motifs is 6. The Balaban J connectivity index is 0.716. The monoisotopic (exact) mass is 936 g/mol. The van der Waals surface area contributed by atoms with Gasteiger partial charge in [0.05, 0.1) is 35.0 Å². The fraction of sp³-hybridized carbons (Fsp3) is 0.455. The van der Waals surface area contributed by atoms with Crippen LogP contribution in [0.25, 0.3) is 67.2 Å². The third kappa shape index (κ3) is 6.97. The molecule has 6 aliphatic rings. The van der Waals surface area contributed by atoms with E-state index in [4.69, 9.17) is 24.7 Å². The van der Waals surface area contributed by atoms with Gasteiger partial charge in [0.1, 0.15) is 22.6 Å². The van der Waals surface area contributed by atoms with Crippen molar-refractivity contribution >= 4 is 55.9 Å². The molecular weight excluding hydrogens is 877 g/mol. The first kappa shape index (κ1) is 42.3. The number of rotatable bonds is 10. The van der Waals surface area contributed by atoms with Crippen molar-refractivity contribution in [2.75, 3.05) is 46.4 Å². The summed E-state index contributed by atoms with van der Waals surface area (Å²) >= 11 is 0. The molecule has 2 aromatic carbocycles. The average molecular weight is 937 g/mol. The number of methoxy groups -OCH3 is 1. The van der Waals surface area contributed by atoms with Crippen LogP contribution in [0.1, 0.15) is 77.3 Å². The second-order valence-corrected chi connectivity index (χ2v) is 21.4. The molecule has 5 atom stereocenters. The summed E-state index contributed by atoms with van der Waals surface area (Å²) in [6.45, 7) is 6.55. The van der Waals surface area contributed by atoms with Crippen LogP contribution in [0, 0.1) is 23.7 Å². The van der Waals surface area contributed by atoms with Gasteiger partial charge in [-0.3, -0.25) is 9.59 Å². The average Bonchev–Trinajstić information content (AvgIpc) is 4.05. The highest BCUT2D eigenvalue weighted by atomic mass is 16.5. The number of ether oxygens (including phenoxy) is 1. The first-order valence-corrected chi connectivity index (χ1v) is 25.8. The van der Waals surface area contributed by atoms with Gasteiger partial charge in [0.25, 0.3) is 11.8 Å². The zero-order chi connectivity index (χ0) is 46.9. The Labute approximate surface area is 406 Å². The lowest BCUT2D eigenvalue weighted by Crippen LogP contribution is -2.49. The summed E-state index contributed by atoms with van der Waals surface area (Å²) in [5.41, 5.74) is 9.94. The van der Waals surface area contributed by atoms with Gasteiger partial charge in [-0.15, -0.1) is 0 Å². The number of aryl methyl sites for hydroxylation is 2. The Bertz CT molecular complexity index is 3430. The number of likely N-dealkylation sites (tertiary alicyclic amines) is 2. The number of aromatic nitrogens is 8. The highest BCUT2D eigenvalue weighted by molar-refractivity contribution is 6.01.